The Morgan fingerprint density at radius 1 is 1.27 bits per heavy atom. The molecule has 0 saturated heterocycles. The monoisotopic (exact) mass is 379 g/mol. The summed E-state index contributed by atoms with van der Waals surface area (Å²) in [6.07, 6.45) is 4.31. The number of carbonyl (C=O) groups excluding carboxylic acids is 1. The highest BCUT2D eigenvalue weighted by Crippen LogP contribution is 2.31. The zero-order valence-electron chi connectivity index (χ0n) is 15.5. The van der Waals surface area contributed by atoms with Crippen molar-refractivity contribution in [3.05, 3.63) is 35.0 Å². The molecule has 0 amide bonds. The highest BCUT2D eigenvalue weighted by molar-refractivity contribution is 7.90. The van der Waals surface area contributed by atoms with Gasteiger partial charge in [-0.1, -0.05) is 13.3 Å². The van der Waals surface area contributed by atoms with Crippen molar-refractivity contribution in [2.45, 2.75) is 45.1 Å². The third-order valence-corrected chi connectivity index (χ3v) is 5.40. The molecule has 0 aliphatic rings. The Hall–Kier alpha value is -2.35. The van der Waals surface area contributed by atoms with Gasteiger partial charge in [0.2, 0.25) is 5.88 Å². The second kappa shape index (κ2) is 7.90. The number of aromatic hydroxyl groups is 1. The third-order valence-electron chi connectivity index (χ3n) is 4.26. The molecule has 2 N–H and O–H groups in total. The molecular weight excluding hydrogens is 354 g/mol. The van der Waals surface area contributed by atoms with Crippen LogP contribution >= 0.6 is 0 Å². The molecule has 0 unspecified atom stereocenters. The Morgan fingerprint density at radius 2 is 1.96 bits per heavy atom. The largest absolute Gasteiger partial charge is 0.493 e. The number of aryl methyl sites for hydroxylation is 1. The van der Waals surface area contributed by atoms with Crippen molar-refractivity contribution in [3.63, 3.8) is 0 Å². The minimum Gasteiger partial charge on any atom is -0.493 e. The summed E-state index contributed by atoms with van der Waals surface area (Å²) in [6, 6.07) is 2.92. The molecular formula is C18H25N3O4S. The molecule has 0 aliphatic carbocycles. The van der Waals surface area contributed by atoms with Gasteiger partial charge in [-0.2, -0.15) is 5.10 Å². The van der Waals surface area contributed by atoms with Crippen LogP contribution in [0, 0.1) is 6.92 Å². The predicted molar refractivity (Wildman–Crippen MR) is 101 cm³/mol. The zero-order chi connectivity index (χ0) is 19.5. The van der Waals surface area contributed by atoms with Gasteiger partial charge in [-0.3, -0.25) is 4.79 Å². The smallest absolute Gasteiger partial charge is 0.220 e. The molecule has 2 rings (SSSR count). The minimum atomic E-state index is -3.45. The maximum atomic E-state index is 12.9. The van der Waals surface area contributed by atoms with Crippen LogP contribution in [0.5, 0.6) is 5.88 Å². The van der Waals surface area contributed by atoms with Crippen molar-refractivity contribution in [2.75, 3.05) is 18.1 Å². The normalized spacial score (nSPS) is 11.5. The number of rotatable bonds is 8. The van der Waals surface area contributed by atoms with Crippen LogP contribution in [0.15, 0.2) is 23.2 Å². The number of ketones is 1. The number of sulfone groups is 1. The summed E-state index contributed by atoms with van der Waals surface area (Å²) in [7, 11) is -3.45. The van der Waals surface area contributed by atoms with E-state index in [9.17, 15) is 18.3 Å². The van der Waals surface area contributed by atoms with Crippen LogP contribution in [0.1, 0.15) is 48.2 Å². The highest BCUT2D eigenvalue weighted by Gasteiger charge is 2.24. The lowest BCUT2D eigenvalue weighted by molar-refractivity contribution is 0.103. The zero-order valence-corrected chi connectivity index (χ0v) is 16.4. The van der Waals surface area contributed by atoms with E-state index in [0.29, 0.717) is 29.9 Å². The van der Waals surface area contributed by atoms with E-state index in [4.69, 9.17) is 0 Å². The van der Waals surface area contributed by atoms with Crippen LogP contribution in [0.25, 0.3) is 0 Å². The Bertz CT molecular complexity index is 917. The molecule has 0 spiro atoms. The van der Waals surface area contributed by atoms with Gasteiger partial charge in [0.15, 0.2) is 15.6 Å². The average molecular weight is 379 g/mol. The van der Waals surface area contributed by atoms with E-state index in [1.807, 2.05) is 13.8 Å². The molecule has 0 atom stereocenters. The van der Waals surface area contributed by atoms with Gasteiger partial charge in [-0.15, -0.1) is 0 Å². The number of hydrogen-bond acceptors (Lipinski definition) is 6. The van der Waals surface area contributed by atoms with Crippen molar-refractivity contribution >= 4 is 21.3 Å². The van der Waals surface area contributed by atoms with Crippen LogP contribution in [-0.2, 0) is 16.4 Å². The van der Waals surface area contributed by atoms with E-state index < -0.39 is 15.6 Å². The van der Waals surface area contributed by atoms with Gasteiger partial charge in [-0.25, -0.2) is 13.1 Å². The summed E-state index contributed by atoms with van der Waals surface area (Å²) < 4.78 is 25.5. The van der Waals surface area contributed by atoms with Gasteiger partial charge in [0.1, 0.15) is 5.56 Å². The first-order valence-electron chi connectivity index (χ1n) is 8.59. The van der Waals surface area contributed by atoms with E-state index in [2.05, 4.69) is 10.4 Å². The van der Waals surface area contributed by atoms with Crippen LogP contribution in [0.3, 0.4) is 0 Å². The lowest BCUT2D eigenvalue weighted by atomic mass is 9.99. The van der Waals surface area contributed by atoms with Crippen LogP contribution < -0.4 is 5.32 Å². The van der Waals surface area contributed by atoms with Crippen molar-refractivity contribution in [1.82, 2.24) is 9.78 Å². The molecule has 1 heterocycles. The molecule has 142 valence electrons. The number of carbonyl (C=O) groups is 1. The Labute approximate surface area is 154 Å². The van der Waals surface area contributed by atoms with E-state index in [0.717, 1.165) is 19.1 Å². The van der Waals surface area contributed by atoms with Gasteiger partial charge in [0.25, 0.3) is 0 Å². The Balaban J connectivity index is 2.54. The molecule has 8 heteroatoms. The molecule has 0 radical (unpaired) electrons. The number of anilines is 1. The van der Waals surface area contributed by atoms with Crippen molar-refractivity contribution < 1.29 is 18.3 Å². The van der Waals surface area contributed by atoms with Crippen LogP contribution in [0.2, 0.25) is 0 Å². The fourth-order valence-corrected chi connectivity index (χ4v) is 3.68. The standard InChI is InChI=1S/C18H25N3O4S/c1-5-7-10-19-16-12(3)13(8-9-15(16)26(4,24)25)17(22)14-11-20-21(6-2)18(14)23/h8-9,11,19,23H,5-7,10H2,1-4H3. The number of unbranched alkanes of at least 4 members (excludes halogenated alkanes) is 1. The molecule has 1 aromatic carbocycles. The Morgan fingerprint density at radius 3 is 2.50 bits per heavy atom. The molecule has 0 aliphatic heterocycles. The summed E-state index contributed by atoms with van der Waals surface area (Å²) in [5, 5.41) is 17.3. The second-order valence-corrected chi connectivity index (χ2v) is 8.17. The number of hydrogen-bond donors (Lipinski definition) is 2. The third kappa shape index (κ3) is 3.90. The van der Waals surface area contributed by atoms with Gasteiger partial charge < -0.3 is 10.4 Å². The number of nitrogens with one attached hydrogen (secondary N) is 1. The fourth-order valence-electron chi connectivity index (χ4n) is 2.77. The number of benzene rings is 1. The first kappa shape index (κ1) is 20.0. The summed E-state index contributed by atoms with van der Waals surface area (Å²) in [5.41, 5.74) is 1.41. The van der Waals surface area contributed by atoms with Gasteiger partial charge >= 0.3 is 0 Å². The minimum absolute atomic E-state index is 0.0987. The first-order chi connectivity index (χ1) is 12.2. The maximum Gasteiger partial charge on any atom is 0.220 e. The SMILES string of the molecule is CCCCNc1c(S(C)(=O)=O)ccc(C(=O)c2cnn(CC)c2O)c1C. The Kier molecular flexibility index (Phi) is 6.07. The molecule has 1 aromatic heterocycles. The maximum absolute atomic E-state index is 12.9. The van der Waals surface area contributed by atoms with Crippen molar-refractivity contribution in [1.29, 1.82) is 0 Å². The number of aromatic nitrogens is 2. The molecule has 26 heavy (non-hydrogen) atoms. The molecule has 0 bridgehead atoms. The van der Waals surface area contributed by atoms with E-state index in [1.54, 1.807) is 6.92 Å². The molecule has 0 saturated carbocycles. The lowest BCUT2D eigenvalue weighted by Crippen LogP contribution is -2.13. The second-order valence-electron chi connectivity index (χ2n) is 6.19. The van der Waals surface area contributed by atoms with Gasteiger partial charge in [0, 0.05) is 24.9 Å². The first-order valence-corrected chi connectivity index (χ1v) is 10.5. The van der Waals surface area contributed by atoms with Gasteiger partial charge in [-0.05, 0) is 38.0 Å². The van der Waals surface area contributed by atoms with Crippen molar-refractivity contribution in [2.24, 2.45) is 0 Å². The summed E-state index contributed by atoms with van der Waals surface area (Å²) in [5.74, 6) is -0.581. The topological polar surface area (TPSA) is 101 Å². The highest BCUT2D eigenvalue weighted by atomic mass is 32.2. The lowest BCUT2D eigenvalue weighted by Gasteiger charge is -2.16. The summed E-state index contributed by atoms with van der Waals surface area (Å²) in [6.45, 7) is 6.60. The summed E-state index contributed by atoms with van der Waals surface area (Å²) in [4.78, 5) is 13.0. The average Bonchev–Trinajstić information content (AvgIpc) is 2.95. The van der Waals surface area contributed by atoms with E-state index >= 15 is 0 Å². The van der Waals surface area contributed by atoms with E-state index in [1.165, 1.54) is 23.0 Å². The van der Waals surface area contributed by atoms with Crippen molar-refractivity contribution in [3.8, 4) is 5.88 Å². The molecule has 2 aromatic rings. The quantitative estimate of drug-likeness (QED) is 0.540. The van der Waals surface area contributed by atoms with Gasteiger partial charge in [0.05, 0.1) is 16.8 Å². The van der Waals surface area contributed by atoms with E-state index in [-0.39, 0.29) is 16.3 Å². The summed E-state index contributed by atoms with van der Waals surface area (Å²) >= 11 is 0. The predicted octanol–water partition coefficient (Wildman–Crippen LogP) is 2.76. The number of nitrogens with zero attached hydrogens (tertiary/aromatic N) is 2. The van der Waals surface area contributed by atoms with Crippen LogP contribution in [-0.4, -0.2) is 41.9 Å². The molecule has 7 nitrogen and oxygen atoms in total. The molecule has 0 fully saturated rings. The fraction of sp³-hybridized carbons (Fsp3) is 0.444. The van der Waals surface area contributed by atoms with Crippen LogP contribution in [0.4, 0.5) is 5.69 Å².